The van der Waals surface area contributed by atoms with Crippen molar-refractivity contribution in [1.29, 1.82) is 0 Å². The summed E-state index contributed by atoms with van der Waals surface area (Å²) in [5.74, 6) is -0.908. The molecule has 5 nitrogen and oxygen atoms in total. The lowest BCUT2D eigenvalue weighted by Gasteiger charge is -2.48. The maximum Gasteiger partial charge on any atom is 0.331 e. The molecule has 1 N–H and O–H groups in total. The quantitative estimate of drug-likeness (QED) is 0.763. The van der Waals surface area contributed by atoms with Crippen LogP contribution in [0.4, 0.5) is 0 Å². The summed E-state index contributed by atoms with van der Waals surface area (Å²) < 4.78 is 10.4. The SMILES string of the molecule is CCC(C)(C1=CC(=O)OC1)C([C@@H](CO)OC(C)=O)C(C)(C)C. The standard InChI is InChI=1S/C17H28O5/c1-7-17(6,12-8-14(20)21-10-12)15(16(3,4)5)13(9-18)22-11(2)19/h8,13,15,18H,7,9-10H2,1-6H3/t13-,15?,17?/m1/s1. The molecule has 1 aliphatic rings. The maximum atomic E-state index is 11.5. The summed E-state index contributed by atoms with van der Waals surface area (Å²) >= 11 is 0. The van der Waals surface area contributed by atoms with Crippen molar-refractivity contribution in [3.8, 4) is 0 Å². The van der Waals surface area contributed by atoms with Crippen LogP contribution >= 0.6 is 0 Å². The normalized spacial score (nSPS) is 20.7. The van der Waals surface area contributed by atoms with E-state index in [1.165, 1.54) is 13.0 Å². The van der Waals surface area contributed by atoms with Gasteiger partial charge in [0.05, 0.1) is 6.61 Å². The van der Waals surface area contributed by atoms with Crippen molar-refractivity contribution in [2.24, 2.45) is 16.7 Å². The van der Waals surface area contributed by atoms with Crippen molar-refractivity contribution < 1.29 is 24.2 Å². The van der Waals surface area contributed by atoms with Gasteiger partial charge in [-0.25, -0.2) is 4.79 Å². The highest BCUT2D eigenvalue weighted by Crippen LogP contribution is 2.50. The van der Waals surface area contributed by atoms with Gasteiger partial charge in [0.2, 0.25) is 0 Å². The maximum absolute atomic E-state index is 11.5. The van der Waals surface area contributed by atoms with Crippen LogP contribution in [0.2, 0.25) is 0 Å². The van der Waals surface area contributed by atoms with E-state index < -0.39 is 17.5 Å². The minimum absolute atomic E-state index is 0.153. The average Bonchev–Trinajstić information content (AvgIpc) is 2.82. The topological polar surface area (TPSA) is 72.8 Å². The number of carbonyl (C=O) groups excluding carboxylic acids is 2. The Labute approximate surface area is 132 Å². The summed E-state index contributed by atoms with van der Waals surface area (Å²) in [6, 6.07) is 0. The van der Waals surface area contributed by atoms with Crippen molar-refractivity contribution in [1.82, 2.24) is 0 Å². The van der Waals surface area contributed by atoms with E-state index in [4.69, 9.17) is 9.47 Å². The molecule has 0 amide bonds. The molecule has 0 bridgehead atoms. The van der Waals surface area contributed by atoms with Crippen LogP contribution in [0, 0.1) is 16.7 Å². The second kappa shape index (κ2) is 6.82. The molecule has 0 saturated carbocycles. The lowest BCUT2D eigenvalue weighted by molar-refractivity contribution is -0.159. The number of aliphatic hydroxyl groups is 1. The molecule has 0 saturated heterocycles. The number of cyclic esters (lactones) is 1. The lowest BCUT2D eigenvalue weighted by atomic mass is 9.58. The van der Waals surface area contributed by atoms with E-state index in [9.17, 15) is 14.7 Å². The van der Waals surface area contributed by atoms with Crippen molar-refractivity contribution in [2.75, 3.05) is 13.2 Å². The largest absolute Gasteiger partial charge is 0.460 e. The van der Waals surface area contributed by atoms with Gasteiger partial charge >= 0.3 is 11.9 Å². The van der Waals surface area contributed by atoms with Gasteiger partial charge in [-0.15, -0.1) is 0 Å². The molecular formula is C17H28O5. The molecule has 0 spiro atoms. The fraction of sp³-hybridized carbons (Fsp3) is 0.765. The molecule has 22 heavy (non-hydrogen) atoms. The Bertz CT molecular complexity index is 460. The summed E-state index contributed by atoms with van der Waals surface area (Å²) in [5, 5.41) is 9.77. The second-order valence-corrected chi connectivity index (χ2v) is 7.22. The fourth-order valence-corrected chi connectivity index (χ4v) is 3.70. The molecule has 0 aromatic rings. The van der Waals surface area contributed by atoms with Gasteiger partial charge < -0.3 is 14.6 Å². The van der Waals surface area contributed by atoms with E-state index in [1.54, 1.807) is 0 Å². The summed E-state index contributed by atoms with van der Waals surface area (Å²) in [6.45, 7) is 11.6. The van der Waals surface area contributed by atoms with E-state index in [0.717, 1.165) is 12.0 Å². The first-order valence-electron chi connectivity index (χ1n) is 7.72. The molecule has 0 aliphatic carbocycles. The van der Waals surface area contributed by atoms with E-state index in [-0.39, 0.29) is 30.5 Å². The first-order valence-corrected chi connectivity index (χ1v) is 7.72. The number of hydrogen-bond acceptors (Lipinski definition) is 5. The molecule has 0 radical (unpaired) electrons. The first kappa shape index (κ1) is 18.7. The van der Waals surface area contributed by atoms with Gasteiger partial charge in [0.25, 0.3) is 0 Å². The molecule has 1 aliphatic heterocycles. The molecule has 1 rings (SSSR count). The zero-order chi connectivity index (χ0) is 17.1. The van der Waals surface area contributed by atoms with Crippen molar-refractivity contribution in [3.05, 3.63) is 11.6 Å². The van der Waals surface area contributed by atoms with Gasteiger partial charge in [-0.3, -0.25) is 4.79 Å². The van der Waals surface area contributed by atoms with Gasteiger partial charge in [0.15, 0.2) is 0 Å². The molecule has 0 aromatic carbocycles. The van der Waals surface area contributed by atoms with Crippen LogP contribution in [0.1, 0.15) is 48.0 Å². The van der Waals surface area contributed by atoms with E-state index in [1.807, 2.05) is 13.8 Å². The van der Waals surface area contributed by atoms with Crippen molar-refractivity contribution in [3.63, 3.8) is 0 Å². The Balaban J connectivity index is 3.31. The molecule has 2 unspecified atom stereocenters. The van der Waals surface area contributed by atoms with Crippen LogP contribution in [-0.4, -0.2) is 36.4 Å². The molecular weight excluding hydrogens is 284 g/mol. The lowest BCUT2D eigenvalue weighted by Crippen LogP contribution is -2.48. The number of rotatable bonds is 6. The Morgan fingerprint density at radius 1 is 1.41 bits per heavy atom. The number of esters is 2. The zero-order valence-electron chi connectivity index (χ0n) is 14.4. The number of hydrogen-bond donors (Lipinski definition) is 1. The highest BCUT2D eigenvalue weighted by Gasteiger charge is 2.49. The van der Waals surface area contributed by atoms with Gasteiger partial charge in [0, 0.05) is 18.9 Å². The molecule has 0 aromatic heterocycles. The van der Waals surface area contributed by atoms with Crippen LogP contribution in [0.3, 0.4) is 0 Å². The zero-order valence-corrected chi connectivity index (χ0v) is 14.4. The summed E-state index contributed by atoms with van der Waals surface area (Å²) in [7, 11) is 0. The first-order chi connectivity index (χ1) is 10.1. The van der Waals surface area contributed by atoms with Gasteiger partial charge in [-0.05, 0) is 22.8 Å². The highest BCUT2D eigenvalue weighted by atomic mass is 16.6. The van der Waals surface area contributed by atoms with Crippen LogP contribution in [-0.2, 0) is 19.1 Å². The summed E-state index contributed by atoms with van der Waals surface area (Å²) in [5.41, 5.74) is 0.249. The Morgan fingerprint density at radius 2 is 2.00 bits per heavy atom. The molecule has 1 heterocycles. The third kappa shape index (κ3) is 3.88. The van der Waals surface area contributed by atoms with Crippen LogP contribution in [0.25, 0.3) is 0 Å². The van der Waals surface area contributed by atoms with Crippen LogP contribution < -0.4 is 0 Å². The fourth-order valence-electron chi connectivity index (χ4n) is 3.70. The summed E-state index contributed by atoms with van der Waals surface area (Å²) in [4.78, 5) is 22.9. The number of carbonyl (C=O) groups is 2. The third-order valence-electron chi connectivity index (χ3n) is 4.62. The smallest absolute Gasteiger partial charge is 0.331 e. The molecule has 3 atom stereocenters. The highest BCUT2D eigenvalue weighted by molar-refractivity contribution is 5.85. The predicted octanol–water partition coefficient (Wildman–Crippen LogP) is 2.47. The number of aliphatic hydroxyl groups excluding tert-OH is 1. The van der Waals surface area contributed by atoms with Gasteiger partial charge in [0.1, 0.15) is 12.7 Å². The predicted molar refractivity (Wildman–Crippen MR) is 83.0 cm³/mol. The average molecular weight is 312 g/mol. The minimum atomic E-state index is -0.626. The van der Waals surface area contributed by atoms with Gasteiger partial charge in [-0.2, -0.15) is 0 Å². The Morgan fingerprint density at radius 3 is 2.32 bits per heavy atom. The molecule has 126 valence electrons. The monoisotopic (exact) mass is 312 g/mol. The number of ether oxygens (including phenoxy) is 2. The van der Waals surface area contributed by atoms with E-state index >= 15 is 0 Å². The summed E-state index contributed by atoms with van der Waals surface area (Å²) in [6.07, 6.45) is 1.65. The van der Waals surface area contributed by atoms with Gasteiger partial charge in [-0.1, -0.05) is 34.6 Å². The van der Waals surface area contributed by atoms with Crippen molar-refractivity contribution in [2.45, 2.75) is 54.1 Å². The third-order valence-corrected chi connectivity index (χ3v) is 4.62. The van der Waals surface area contributed by atoms with Crippen molar-refractivity contribution >= 4 is 11.9 Å². The van der Waals surface area contributed by atoms with Crippen LogP contribution in [0.5, 0.6) is 0 Å². The van der Waals surface area contributed by atoms with Crippen LogP contribution in [0.15, 0.2) is 11.6 Å². The molecule has 5 heteroatoms. The Kier molecular flexibility index (Phi) is 5.79. The minimum Gasteiger partial charge on any atom is -0.460 e. The second-order valence-electron chi connectivity index (χ2n) is 7.22. The van der Waals surface area contributed by atoms with E-state index in [0.29, 0.717) is 0 Å². The Hall–Kier alpha value is -1.36. The van der Waals surface area contributed by atoms with E-state index in [2.05, 4.69) is 20.8 Å². The molecule has 0 fully saturated rings.